The van der Waals surface area contributed by atoms with Crippen molar-refractivity contribution in [3.05, 3.63) is 68.6 Å². The number of fused-ring (bicyclic) bond motifs is 1. The van der Waals surface area contributed by atoms with Crippen LogP contribution in [0.2, 0.25) is 5.02 Å². The maximum Gasteiger partial charge on any atom is 0.341 e. The summed E-state index contributed by atoms with van der Waals surface area (Å²) >= 11 is 7.55. The van der Waals surface area contributed by atoms with Crippen LogP contribution in [0.25, 0.3) is 11.1 Å². The van der Waals surface area contributed by atoms with E-state index in [1.165, 1.54) is 42.4 Å². The molecule has 1 aliphatic rings. The summed E-state index contributed by atoms with van der Waals surface area (Å²) < 4.78 is 10.9. The van der Waals surface area contributed by atoms with E-state index in [0.29, 0.717) is 23.6 Å². The van der Waals surface area contributed by atoms with Gasteiger partial charge in [-0.1, -0.05) is 29.8 Å². The molecule has 1 N–H and O–H groups in total. The molecule has 1 amide bonds. The Morgan fingerprint density at radius 2 is 1.77 bits per heavy atom. The number of nitrogens with one attached hydrogen (secondary N) is 1. The van der Waals surface area contributed by atoms with Gasteiger partial charge in [-0.3, -0.25) is 4.79 Å². The molecule has 0 radical (unpaired) electrons. The van der Waals surface area contributed by atoms with Crippen LogP contribution in [0.15, 0.2) is 35.7 Å². The third-order valence-electron chi connectivity index (χ3n) is 6.32. The van der Waals surface area contributed by atoms with Crippen molar-refractivity contribution in [2.45, 2.75) is 52.4 Å². The van der Waals surface area contributed by atoms with Crippen molar-refractivity contribution >= 4 is 39.8 Å². The minimum absolute atomic E-state index is 0.166. The predicted octanol–water partition coefficient (Wildman–Crippen LogP) is 7.15. The number of methoxy groups -OCH3 is 1. The molecule has 0 fully saturated rings. The van der Waals surface area contributed by atoms with Crippen LogP contribution in [-0.4, -0.2) is 25.6 Å². The van der Waals surface area contributed by atoms with Gasteiger partial charge in [-0.15, -0.1) is 11.3 Å². The number of carbonyl (C=O) groups excluding carboxylic acids is 2. The zero-order valence-electron chi connectivity index (χ0n) is 20.3. The second-order valence-corrected chi connectivity index (χ2v) is 10.2. The molecule has 7 heteroatoms. The second-order valence-electron chi connectivity index (χ2n) is 8.91. The number of benzene rings is 2. The second kappa shape index (κ2) is 11.3. The van der Waals surface area contributed by atoms with E-state index in [2.05, 4.69) is 23.5 Å². The van der Waals surface area contributed by atoms with Crippen LogP contribution in [0, 0.1) is 13.8 Å². The first-order valence-electron chi connectivity index (χ1n) is 11.9. The van der Waals surface area contributed by atoms with Crippen LogP contribution in [0.4, 0.5) is 5.00 Å². The van der Waals surface area contributed by atoms with Crippen LogP contribution >= 0.6 is 22.9 Å². The van der Waals surface area contributed by atoms with Gasteiger partial charge in [0, 0.05) is 22.4 Å². The highest BCUT2D eigenvalue weighted by Gasteiger charge is 2.23. The summed E-state index contributed by atoms with van der Waals surface area (Å²) in [4.78, 5) is 25.3. The molecule has 0 unspecified atom stereocenters. The lowest BCUT2D eigenvalue weighted by Gasteiger charge is -2.16. The number of aryl methyl sites for hydroxylation is 4. The quantitative estimate of drug-likeness (QED) is 0.257. The van der Waals surface area contributed by atoms with Crippen molar-refractivity contribution in [3.8, 4) is 16.9 Å². The van der Waals surface area contributed by atoms with Crippen LogP contribution < -0.4 is 10.1 Å². The highest BCUT2D eigenvalue weighted by atomic mass is 35.5. The lowest BCUT2D eigenvalue weighted by Crippen LogP contribution is -2.15. The molecule has 0 saturated heterocycles. The van der Waals surface area contributed by atoms with Gasteiger partial charge in [-0.2, -0.15) is 0 Å². The topological polar surface area (TPSA) is 64.6 Å². The van der Waals surface area contributed by atoms with Gasteiger partial charge in [0.2, 0.25) is 5.91 Å². The summed E-state index contributed by atoms with van der Waals surface area (Å²) in [6.45, 7) is 4.28. The Bertz CT molecular complexity index is 1230. The maximum absolute atomic E-state index is 12.7. The van der Waals surface area contributed by atoms with Crippen molar-refractivity contribution in [1.82, 2.24) is 0 Å². The molecular weight excluding hydrogens is 482 g/mol. The summed E-state index contributed by atoms with van der Waals surface area (Å²) in [6, 6.07) is 10.2. The summed E-state index contributed by atoms with van der Waals surface area (Å²) in [6.07, 6.45) is 5.39. The van der Waals surface area contributed by atoms with E-state index in [9.17, 15) is 9.59 Å². The van der Waals surface area contributed by atoms with E-state index >= 15 is 0 Å². The van der Waals surface area contributed by atoms with E-state index in [1.54, 1.807) is 0 Å². The Balaban J connectivity index is 1.41. The molecule has 1 heterocycles. The fourth-order valence-corrected chi connectivity index (χ4v) is 5.55. The maximum atomic E-state index is 12.7. The van der Waals surface area contributed by atoms with Crippen molar-refractivity contribution in [3.63, 3.8) is 0 Å². The molecule has 3 aromatic rings. The standard InChI is InChI=1S/C28H30ClNO4S/c1-17-13-22(14-18(2)26(17)29)34-12-6-9-24(31)30-27-25(28(32)33-3)23(16-35-27)21-11-10-19-7-4-5-8-20(19)15-21/h10-11,13-16H,4-9,12H2,1-3H3,(H,30,31). The Morgan fingerprint density at radius 1 is 1.06 bits per heavy atom. The first-order valence-corrected chi connectivity index (χ1v) is 13.1. The number of ether oxygens (including phenoxy) is 2. The van der Waals surface area contributed by atoms with E-state index in [1.807, 2.05) is 31.4 Å². The molecule has 35 heavy (non-hydrogen) atoms. The zero-order chi connectivity index (χ0) is 24.9. The molecule has 2 aromatic carbocycles. The van der Waals surface area contributed by atoms with E-state index < -0.39 is 5.97 Å². The van der Waals surface area contributed by atoms with Gasteiger partial charge in [-0.05, 0) is 85.9 Å². The van der Waals surface area contributed by atoms with Crippen molar-refractivity contribution in [2.75, 3.05) is 19.0 Å². The van der Waals surface area contributed by atoms with Crippen molar-refractivity contribution < 1.29 is 19.1 Å². The van der Waals surface area contributed by atoms with E-state index in [0.717, 1.165) is 45.9 Å². The molecule has 1 aliphatic carbocycles. The molecule has 184 valence electrons. The first kappa shape index (κ1) is 25.3. The van der Waals surface area contributed by atoms with Gasteiger partial charge in [-0.25, -0.2) is 4.79 Å². The van der Waals surface area contributed by atoms with Crippen molar-refractivity contribution in [2.24, 2.45) is 0 Å². The molecule has 0 saturated carbocycles. The average molecular weight is 512 g/mol. The molecular formula is C28H30ClNO4S. The van der Waals surface area contributed by atoms with Crippen LogP contribution in [-0.2, 0) is 22.4 Å². The Kier molecular flexibility index (Phi) is 8.14. The molecule has 4 rings (SSSR count). The number of amides is 1. The van der Waals surface area contributed by atoms with Crippen LogP contribution in [0.1, 0.15) is 58.3 Å². The summed E-state index contributed by atoms with van der Waals surface area (Å²) in [5, 5.41) is 6.08. The number of hydrogen-bond donors (Lipinski definition) is 1. The number of thiophene rings is 1. The van der Waals surface area contributed by atoms with Gasteiger partial charge in [0.05, 0.1) is 13.7 Å². The van der Waals surface area contributed by atoms with Gasteiger partial charge in [0.25, 0.3) is 0 Å². The third-order valence-corrected chi connectivity index (χ3v) is 7.81. The number of halogens is 1. The first-order chi connectivity index (χ1) is 16.9. The lowest BCUT2D eigenvalue weighted by molar-refractivity contribution is -0.116. The molecule has 1 aromatic heterocycles. The van der Waals surface area contributed by atoms with Crippen molar-refractivity contribution in [1.29, 1.82) is 0 Å². The molecule has 5 nitrogen and oxygen atoms in total. The van der Waals surface area contributed by atoms with Gasteiger partial charge in [0.15, 0.2) is 0 Å². The Hall–Kier alpha value is -2.83. The van der Waals surface area contributed by atoms with Crippen LogP contribution in [0.5, 0.6) is 5.75 Å². The number of anilines is 1. The number of hydrogen-bond acceptors (Lipinski definition) is 5. The van der Waals surface area contributed by atoms with E-state index in [4.69, 9.17) is 21.1 Å². The lowest BCUT2D eigenvalue weighted by atomic mass is 9.89. The highest BCUT2D eigenvalue weighted by Crippen LogP contribution is 2.38. The van der Waals surface area contributed by atoms with Gasteiger partial charge >= 0.3 is 5.97 Å². The minimum atomic E-state index is -0.453. The molecule has 0 bridgehead atoms. The number of rotatable bonds is 8. The molecule has 0 aliphatic heterocycles. The number of carbonyl (C=O) groups is 2. The van der Waals surface area contributed by atoms with Gasteiger partial charge < -0.3 is 14.8 Å². The largest absolute Gasteiger partial charge is 0.494 e. The van der Waals surface area contributed by atoms with E-state index in [-0.39, 0.29) is 12.3 Å². The molecule has 0 atom stereocenters. The Labute approximate surface area is 215 Å². The monoisotopic (exact) mass is 511 g/mol. The fourth-order valence-electron chi connectivity index (χ4n) is 4.47. The van der Waals surface area contributed by atoms with Gasteiger partial charge in [0.1, 0.15) is 16.3 Å². The summed E-state index contributed by atoms with van der Waals surface area (Å²) in [5.74, 6) is 0.123. The zero-order valence-corrected chi connectivity index (χ0v) is 21.9. The SMILES string of the molecule is COC(=O)c1c(-c2ccc3c(c2)CCCC3)csc1NC(=O)CCCOc1cc(C)c(Cl)c(C)c1. The third kappa shape index (κ3) is 5.88. The minimum Gasteiger partial charge on any atom is -0.494 e. The van der Waals surface area contributed by atoms with Crippen LogP contribution in [0.3, 0.4) is 0 Å². The molecule has 0 spiro atoms. The normalized spacial score (nSPS) is 12.7. The number of esters is 1. The predicted molar refractivity (Wildman–Crippen MR) is 142 cm³/mol. The highest BCUT2D eigenvalue weighted by molar-refractivity contribution is 7.15. The smallest absolute Gasteiger partial charge is 0.341 e. The fraction of sp³-hybridized carbons (Fsp3) is 0.357. The summed E-state index contributed by atoms with van der Waals surface area (Å²) in [5.41, 5.74) is 6.82. The average Bonchev–Trinajstić information content (AvgIpc) is 3.27. The Morgan fingerprint density at radius 3 is 2.49 bits per heavy atom. The summed E-state index contributed by atoms with van der Waals surface area (Å²) in [7, 11) is 1.36.